The first-order chi connectivity index (χ1) is 12.7. The molecule has 3 aromatic rings. The molecule has 0 atom stereocenters. The Morgan fingerprint density at radius 3 is 2.58 bits per heavy atom. The highest BCUT2D eigenvalue weighted by Crippen LogP contribution is 2.28. The summed E-state index contributed by atoms with van der Waals surface area (Å²) in [5.41, 5.74) is 5.64. The molecule has 0 bridgehead atoms. The molecule has 0 radical (unpaired) electrons. The summed E-state index contributed by atoms with van der Waals surface area (Å²) in [4.78, 5) is 11.7. The van der Waals surface area contributed by atoms with Gasteiger partial charge in [0.25, 0.3) is 0 Å². The number of carbonyl (C=O) groups excluding carboxylic acids is 1. The van der Waals surface area contributed by atoms with Crippen LogP contribution in [0.5, 0.6) is 0 Å². The lowest BCUT2D eigenvalue weighted by molar-refractivity contribution is -0.122. The lowest BCUT2D eigenvalue weighted by atomic mass is 10.1. The Bertz CT molecular complexity index is 944. The zero-order chi connectivity index (χ0) is 17.9. The standard InChI is InChI=1S/C20H17FN4O/c21-17-10-8-14(9-11-17)19-16(12-22-23-20(26)15-6-7-15)13-25(24-19)18-4-2-1-3-5-18/h1-5,8-13,15H,6-7H2,(H,23,26)/b22-12-. The Kier molecular flexibility index (Phi) is 4.31. The molecule has 6 heteroatoms. The number of hydrazone groups is 1. The average Bonchev–Trinajstić information content (AvgIpc) is 3.44. The molecule has 1 heterocycles. The molecule has 1 aliphatic carbocycles. The molecular weight excluding hydrogens is 331 g/mol. The molecule has 1 fully saturated rings. The summed E-state index contributed by atoms with van der Waals surface area (Å²) in [5.74, 6) is -0.265. The maximum Gasteiger partial charge on any atom is 0.243 e. The first kappa shape index (κ1) is 16.2. The van der Waals surface area contributed by atoms with Gasteiger partial charge in [0, 0.05) is 23.2 Å². The number of nitrogens with zero attached hydrogens (tertiary/aromatic N) is 3. The van der Waals surface area contributed by atoms with Crippen LogP contribution in [0.4, 0.5) is 4.39 Å². The van der Waals surface area contributed by atoms with Crippen LogP contribution in [0.15, 0.2) is 65.9 Å². The van der Waals surface area contributed by atoms with Crippen LogP contribution in [0.25, 0.3) is 16.9 Å². The molecule has 0 unspecified atom stereocenters. The minimum absolute atomic E-state index is 0.0555. The molecule has 0 saturated heterocycles. The van der Waals surface area contributed by atoms with Crippen LogP contribution < -0.4 is 5.43 Å². The van der Waals surface area contributed by atoms with Crippen LogP contribution in [0, 0.1) is 11.7 Å². The zero-order valence-electron chi connectivity index (χ0n) is 14.0. The van der Waals surface area contributed by atoms with E-state index in [4.69, 9.17) is 0 Å². The van der Waals surface area contributed by atoms with Crippen molar-refractivity contribution in [3.63, 3.8) is 0 Å². The predicted molar refractivity (Wildman–Crippen MR) is 97.4 cm³/mol. The van der Waals surface area contributed by atoms with Crippen LogP contribution in [0.2, 0.25) is 0 Å². The van der Waals surface area contributed by atoms with Crippen molar-refractivity contribution in [2.75, 3.05) is 0 Å². The van der Waals surface area contributed by atoms with E-state index in [9.17, 15) is 9.18 Å². The smallest absolute Gasteiger partial charge is 0.243 e. The van der Waals surface area contributed by atoms with E-state index in [1.165, 1.54) is 12.1 Å². The Balaban J connectivity index is 1.67. The molecule has 1 N–H and O–H groups in total. The number of halogens is 1. The quantitative estimate of drug-likeness (QED) is 0.566. The molecule has 130 valence electrons. The van der Waals surface area contributed by atoms with E-state index in [1.807, 2.05) is 36.5 Å². The van der Waals surface area contributed by atoms with Crippen LogP contribution in [0.3, 0.4) is 0 Å². The third-order valence-electron chi connectivity index (χ3n) is 4.21. The van der Waals surface area contributed by atoms with Gasteiger partial charge in [0.05, 0.1) is 11.9 Å². The summed E-state index contributed by atoms with van der Waals surface area (Å²) in [6, 6.07) is 15.8. The number of hydrogen-bond acceptors (Lipinski definition) is 3. The molecule has 1 aromatic heterocycles. The van der Waals surface area contributed by atoms with Gasteiger partial charge in [-0.05, 0) is 49.2 Å². The fourth-order valence-electron chi connectivity index (χ4n) is 2.63. The Morgan fingerprint density at radius 1 is 1.15 bits per heavy atom. The lowest BCUT2D eigenvalue weighted by Crippen LogP contribution is -2.18. The van der Waals surface area contributed by atoms with Crippen molar-refractivity contribution in [3.05, 3.63) is 72.2 Å². The van der Waals surface area contributed by atoms with E-state index in [0.717, 1.165) is 29.7 Å². The van der Waals surface area contributed by atoms with Crippen molar-refractivity contribution in [3.8, 4) is 16.9 Å². The van der Waals surface area contributed by atoms with Crippen molar-refractivity contribution < 1.29 is 9.18 Å². The van der Waals surface area contributed by atoms with Crippen molar-refractivity contribution in [2.24, 2.45) is 11.0 Å². The lowest BCUT2D eigenvalue weighted by Gasteiger charge is -2.00. The number of hydrogen-bond donors (Lipinski definition) is 1. The van der Waals surface area contributed by atoms with E-state index in [-0.39, 0.29) is 17.6 Å². The van der Waals surface area contributed by atoms with Gasteiger partial charge in [-0.2, -0.15) is 10.2 Å². The molecule has 5 nitrogen and oxygen atoms in total. The van der Waals surface area contributed by atoms with Crippen LogP contribution >= 0.6 is 0 Å². The third kappa shape index (κ3) is 3.54. The number of rotatable bonds is 5. The Labute approximate surface area is 150 Å². The van der Waals surface area contributed by atoms with Crippen LogP contribution in [-0.2, 0) is 4.79 Å². The van der Waals surface area contributed by atoms with Crippen molar-refractivity contribution in [1.29, 1.82) is 0 Å². The highest BCUT2D eigenvalue weighted by atomic mass is 19.1. The summed E-state index contributed by atoms with van der Waals surface area (Å²) in [6.07, 6.45) is 5.26. The van der Waals surface area contributed by atoms with E-state index in [2.05, 4.69) is 15.6 Å². The topological polar surface area (TPSA) is 59.3 Å². The first-order valence-corrected chi connectivity index (χ1v) is 8.44. The van der Waals surface area contributed by atoms with Gasteiger partial charge < -0.3 is 0 Å². The SMILES string of the molecule is O=C(N/N=C\c1cn(-c2ccccc2)nc1-c1ccc(F)cc1)C1CC1. The molecular formula is C20H17FN4O. The second-order valence-electron chi connectivity index (χ2n) is 6.23. The highest BCUT2D eigenvalue weighted by molar-refractivity contribution is 5.90. The van der Waals surface area contributed by atoms with Crippen molar-refractivity contribution >= 4 is 12.1 Å². The number of para-hydroxylation sites is 1. The normalized spacial score (nSPS) is 13.9. The summed E-state index contributed by atoms with van der Waals surface area (Å²) in [7, 11) is 0. The Morgan fingerprint density at radius 2 is 1.88 bits per heavy atom. The molecule has 2 aromatic carbocycles. The van der Waals surface area contributed by atoms with Crippen molar-refractivity contribution in [1.82, 2.24) is 15.2 Å². The van der Waals surface area contributed by atoms with E-state index in [1.54, 1.807) is 23.0 Å². The average molecular weight is 348 g/mol. The van der Waals surface area contributed by atoms with Crippen LogP contribution in [-0.4, -0.2) is 21.9 Å². The molecule has 0 spiro atoms. The summed E-state index contributed by atoms with van der Waals surface area (Å²) in [5, 5.41) is 8.68. The summed E-state index contributed by atoms with van der Waals surface area (Å²) in [6.45, 7) is 0. The molecule has 1 saturated carbocycles. The van der Waals surface area contributed by atoms with Crippen LogP contribution in [0.1, 0.15) is 18.4 Å². The number of carbonyl (C=O) groups is 1. The molecule has 1 aliphatic rings. The summed E-state index contributed by atoms with van der Waals surface area (Å²) >= 11 is 0. The fourth-order valence-corrected chi connectivity index (χ4v) is 2.63. The largest absolute Gasteiger partial charge is 0.273 e. The summed E-state index contributed by atoms with van der Waals surface area (Å²) < 4.78 is 15.0. The molecule has 26 heavy (non-hydrogen) atoms. The monoisotopic (exact) mass is 348 g/mol. The fraction of sp³-hybridized carbons (Fsp3) is 0.150. The number of amides is 1. The maximum atomic E-state index is 13.2. The van der Waals surface area contributed by atoms with Gasteiger partial charge in [-0.3, -0.25) is 4.79 Å². The maximum absolute atomic E-state index is 13.2. The van der Waals surface area contributed by atoms with Gasteiger partial charge in [-0.25, -0.2) is 14.5 Å². The van der Waals surface area contributed by atoms with Gasteiger partial charge in [0.15, 0.2) is 0 Å². The van der Waals surface area contributed by atoms with Gasteiger partial charge in [0.2, 0.25) is 5.91 Å². The predicted octanol–water partition coefficient (Wildman–Crippen LogP) is 3.54. The highest BCUT2D eigenvalue weighted by Gasteiger charge is 2.29. The van der Waals surface area contributed by atoms with Gasteiger partial charge in [0.1, 0.15) is 11.5 Å². The van der Waals surface area contributed by atoms with Gasteiger partial charge >= 0.3 is 0 Å². The zero-order valence-corrected chi connectivity index (χ0v) is 14.0. The molecule has 4 rings (SSSR count). The minimum Gasteiger partial charge on any atom is -0.273 e. The van der Waals surface area contributed by atoms with Crippen molar-refractivity contribution in [2.45, 2.75) is 12.8 Å². The molecule has 0 aliphatic heterocycles. The number of aromatic nitrogens is 2. The van der Waals surface area contributed by atoms with Gasteiger partial charge in [-0.15, -0.1) is 0 Å². The Hall–Kier alpha value is -3.28. The van der Waals surface area contributed by atoms with Gasteiger partial charge in [-0.1, -0.05) is 18.2 Å². The number of benzene rings is 2. The van der Waals surface area contributed by atoms with E-state index >= 15 is 0 Å². The third-order valence-corrected chi connectivity index (χ3v) is 4.21. The first-order valence-electron chi connectivity index (χ1n) is 8.44. The van der Waals surface area contributed by atoms with E-state index < -0.39 is 0 Å². The second kappa shape index (κ2) is 6.92. The number of nitrogens with one attached hydrogen (secondary N) is 1. The minimum atomic E-state index is -0.303. The second-order valence-corrected chi connectivity index (χ2v) is 6.23. The molecule has 1 amide bonds. The van der Waals surface area contributed by atoms with E-state index in [0.29, 0.717) is 5.69 Å².